The van der Waals surface area contributed by atoms with E-state index in [-0.39, 0.29) is 12.0 Å². The number of hydrogen-bond acceptors (Lipinski definition) is 2. The number of H-pyrrole nitrogens is 1. The van der Waals surface area contributed by atoms with Crippen LogP contribution in [-0.2, 0) is 4.74 Å². The van der Waals surface area contributed by atoms with E-state index < -0.39 is 0 Å². The normalized spacial score (nSPS) is 13.3. The number of rotatable bonds is 7. The molecule has 3 aromatic rings. The Morgan fingerprint density at radius 2 is 1.89 bits per heavy atom. The second-order valence-electron chi connectivity index (χ2n) is 6.57. The molecule has 142 valence electrons. The third-order valence-corrected chi connectivity index (χ3v) is 5.14. The summed E-state index contributed by atoms with van der Waals surface area (Å²) in [6, 6.07) is 16.4. The second kappa shape index (κ2) is 9.22. The monoisotopic (exact) mass is 401 g/mol. The van der Waals surface area contributed by atoms with Gasteiger partial charge in [0.1, 0.15) is 0 Å². The molecule has 2 unspecified atom stereocenters. The number of thiocarbonyl (C=S) groups is 1. The molecule has 27 heavy (non-hydrogen) atoms. The zero-order valence-electron chi connectivity index (χ0n) is 15.5. The minimum absolute atomic E-state index is 0.0623. The molecule has 0 saturated heterocycles. The Morgan fingerprint density at radius 3 is 2.67 bits per heavy atom. The van der Waals surface area contributed by atoms with Crippen molar-refractivity contribution in [3.8, 4) is 0 Å². The Hall–Kier alpha value is -2.08. The lowest BCUT2D eigenvalue weighted by molar-refractivity contribution is 0.179. The molecule has 1 heterocycles. The Bertz CT molecular complexity index is 911. The molecule has 0 aliphatic carbocycles. The van der Waals surface area contributed by atoms with E-state index in [4.69, 9.17) is 28.6 Å². The van der Waals surface area contributed by atoms with Gasteiger partial charge in [-0.25, -0.2) is 0 Å². The van der Waals surface area contributed by atoms with Crippen LogP contribution in [0.3, 0.4) is 0 Å². The Kier molecular flexibility index (Phi) is 6.72. The Morgan fingerprint density at radius 1 is 1.15 bits per heavy atom. The number of nitrogens with one attached hydrogen (secondary N) is 3. The van der Waals surface area contributed by atoms with Crippen LogP contribution in [-0.4, -0.2) is 36.4 Å². The van der Waals surface area contributed by atoms with Crippen molar-refractivity contribution in [1.29, 1.82) is 0 Å². The molecule has 2 aromatic carbocycles. The van der Waals surface area contributed by atoms with Crippen molar-refractivity contribution < 1.29 is 4.74 Å². The van der Waals surface area contributed by atoms with Crippen molar-refractivity contribution in [3.63, 3.8) is 0 Å². The van der Waals surface area contributed by atoms with Crippen LogP contribution < -0.4 is 10.6 Å². The van der Waals surface area contributed by atoms with E-state index in [0.717, 1.165) is 16.1 Å². The average molecular weight is 402 g/mol. The highest BCUT2D eigenvalue weighted by atomic mass is 35.5. The predicted octanol–water partition coefficient (Wildman–Crippen LogP) is 4.45. The number of benzene rings is 2. The van der Waals surface area contributed by atoms with Crippen LogP contribution in [0.15, 0.2) is 54.7 Å². The molecule has 0 fully saturated rings. The minimum atomic E-state index is 0.0623. The molecule has 0 radical (unpaired) electrons. The first-order valence-corrected chi connectivity index (χ1v) is 9.72. The van der Waals surface area contributed by atoms with E-state index in [9.17, 15) is 0 Å². The molecule has 3 rings (SSSR count). The molecule has 0 amide bonds. The summed E-state index contributed by atoms with van der Waals surface area (Å²) in [5.41, 5.74) is 3.38. The van der Waals surface area contributed by atoms with Crippen molar-refractivity contribution in [1.82, 2.24) is 15.6 Å². The predicted molar refractivity (Wildman–Crippen MR) is 117 cm³/mol. The van der Waals surface area contributed by atoms with Crippen LogP contribution in [0.2, 0.25) is 5.02 Å². The van der Waals surface area contributed by atoms with E-state index in [1.165, 1.54) is 10.9 Å². The van der Waals surface area contributed by atoms with Crippen molar-refractivity contribution in [3.05, 3.63) is 70.9 Å². The molecule has 3 N–H and O–H groups in total. The number of ether oxygens (including phenoxy) is 1. The van der Waals surface area contributed by atoms with E-state index in [2.05, 4.69) is 46.1 Å². The maximum absolute atomic E-state index is 6.52. The standard InChI is InChI=1S/C21H24ClN3OS/c1-14(13-26-2)25-21(27)24-12-17(15-7-3-5-9-19(15)22)18-11-23-20-10-6-4-8-16(18)20/h3-11,14,17,23H,12-13H2,1-2H3,(H2,24,25,27). The maximum Gasteiger partial charge on any atom is 0.166 e. The number of aromatic amines is 1. The lowest BCUT2D eigenvalue weighted by Gasteiger charge is -2.22. The Labute approximate surface area is 170 Å². The van der Waals surface area contributed by atoms with Gasteiger partial charge in [-0.15, -0.1) is 0 Å². The first-order valence-electron chi connectivity index (χ1n) is 8.94. The van der Waals surface area contributed by atoms with Crippen LogP contribution in [0, 0.1) is 0 Å². The van der Waals surface area contributed by atoms with Crippen LogP contribution in [0.1, 0.15) is 24.0 Å². The van der Waals surface area contributed by atoms with Gasteiger partial charge >= 0.3 is 0 Å². The van der Waals surface area contributed by atoms with Gasteiger partial charge in [0.25, 0.3) is 0 Å². The SMILES string of the molecule is COCC(C)NC(=S)NCC(c1ccccc1Cl)c1c[nH]c2ccccc12. The molecule has 0 saturated carbocycles. The van der Waals surface area contributed by atoms with Gasteiger partial charge in [0.15, 0.2) is 5.11 Å². The summed E-state index contributed by atoms with van der Waals surface area (Å²) in [5.74, 6) is 0.0623. The van der Waals surface area contributed by atoms with Crippen LogP contribution >= 0.6 is 23.8 Å². The zero-order valence-corrected chi connectivity index (χ0v) is 17.0. The molecule has 0 aliphatic heterocycles. The van der Waals surface area contributed by atoms with Gasteiger partial charge in [0.05, 0.1) is 6.61 Å². The third-order valence-electron chi connectivity index (χ3n) is 4.54. The summed E-state index contributed by atoms with van der Waals surface area (Å²) >= 11 is 12.0. The van der Waals surface area contributed by atoms with Crippen LogP contribution in [0.4, 0.5) is 0 Å². The summed E-state index contributed by atoms with van der Waals surface area (Å²) < 4.78 is 5.15. The number of aromatic nitrogens is 1. The molecule has 4 nitrogen and oxygen atoms in total. The molecular weight excluding hydrogens is 378 g/mol. The highest BCUT2D eigenvalue weighted by Crippen LogP contribution is 2.33. The van der Waals surface area contributed by atoms with Gasteiger partial charge in [-0.3, -0.25) is 0 Å². The lowest BCUT2D eigenvalue weighted by atomic mass is 9.91. The molecule has 6 heteroatoms. The van der Waals surface area contributed by atoms with Crippen molar-refractivity contribution in [2.45, 2.75) is 18.9 Å². The maximum atomic E-state index is 6.52. The second-order valence-corrected chi connectivity index (χ2v) is 7.39. The van der Waals surface area contributed by atoms with Gasteiger partial charge in [-0.05, 0) is 42.4 Å². The zero-order chi connectivity index (χ0) is 19.2. The van der Waals surface area contributed by atoms with E-state index in [1.807, 2.05) is 31.2 Å². The Balaban J connectivity index is 1.85. The number of halogens is 1. The van der Waals surface area contributed by atoms with Crippen molar-refractivity contribution in [2.75, 3.05) is 20.3 Å². The van der Waals surface area contributed by atoms with Gasteiger partial charge in [0.2, 0.25) is 0 Å². The minimum Gasteiger partial charge on any atom is -0.383 e. The summed E-state index contributed by atoms with van der Waals surface area (Å²) in [6.45, 7) is 3.26. The first kappa shape index (κ1) is 19.7. The van der Waals surface area contributed by atoms with Crippen LogP contribution in [0.5, 0.6) is 0 Å². The third kappa shape index (κ3) is 4.80. The molecule has 2 atom stereocenters. The molecular formula is C21H24ClN3OS. The van der Waals surface area contributed by atoms with Gasteiger partial charge < -0.3 is 20.4 Å². The molecule has 0 aliphatic rings. The van der Waals surface area contributed by atoms with Gasteiger partial charge in [-0.2, -0.15) is 0 Å². The van der Waals surface area contributed by atoms with Crippen molar-refractivity contribution in [2.24, 2.45) is 0 Å². The van der Waals surface area contributed by atoms with Gasteiger partial charge in [-0.1, -0.05) is 48.0 Å². The number of para-hydroxylation sites is 1. The number of methoxy groups -OCH3 is 1. The summed E-state index contributed by atoms with van der Waals surface area (Å²) in [4.78, 5) is 3.36. The average Bonchev–Trinajstić information content (AvgIpc) is 3.07. The highest BCUT2D eigenvalue weighted by molar-refractivity contribution is 7.80. The molecule has 0 bridgehead atoms. The fourth-order valence-corrected chi connectivity index (χ4v) is 3.84. The quantitative estimate of drug-likeness (QED) is 0.512. The summed E-state index contributed by atoms with van der Waals surface area (Å²) in [7, 11) is 1.68. The van der Waals surface area contributed by atoms with E-state index in [1.54, 1.807) is 7.11 Å². The summed E-state index contributed by atoms with van der Waals surface area (Å²) in [5, 5.41) is 9.13. The highest BCUT2D eigenvalue weighted by Gasteiger charge is 2.20. The van der Waals surface area contributed by atoms with E-state index in [0.29, 0.717) is 18.3 Å². The smallest absolute Gasteiger partial charge is 0.166 e. The molecule has 1 aromatic heterocycles. The topological polar surface area (TPSA) is 49.1 Å². The summed E-state index contributed by atoms with van der Waals surface area (Å²) in [6.07, 6.45) is 2.06. The fourth-order valence-electron chi connectivity index (χ4n) is 3.29. The first-order chi connectivity index (χ1) is 13.1. The number of hydrogen-bond donors (Lipinski definition) is 3. The fraction of sp³-hybridized carbons (Fsp3) is 0.286. The van der Waals surface area contributed by atoms with Gasteiger partial charge in [0, 0.05) is 47.7 Å². The van der Waals surface area contributed by atoms with E-state index >= 15 is 0 Å². The largest absolute Gasteiger partial charge is 0.383 e. The van der Waals surface area contributed by atoms with Crippen LogP contribution in [0.25, 0.3) is 10.9 Å². The number of fused-ring (bicyclic) bond motifs is 1. The van der Waals surface area contributed by atoms with Crippen molar-refractivity contribution >= 4 is 39.8 Å². The lowest BCUT2D eigenvalue weighted by Crippen LogP contribution is -2.43. The molecule has 0 spiro atoms.